The molecule has 1 heterocycles. The topological polar surface area (TPSA) is 60.2 Å². The smallest absolute Gasteiger partial charge is 0.241 e. The number of carbonyl (C=O) groups is 1. The summed E-state index contributed by atoms with van der Waals surface area (Å²) in [6, 6.07) is 7.20. The molecule has 0 atom stereocenters. The summed E-state index contributed by atoms with van der Waals surface area (Å²) >= 11 is 0. The number of likely N-dealkylation sites (N-methyl/N-ethyl adjacent to an activating group) is 2. The highest BCUT2D eigenvalue weighted by atomic mass is 16.2. The Kier molecular flexibility index (Phi) is 4.46. The van der Waals surface area contributed by atoms with Gasteiger partial charge in [0.15, 0.2) is 0 Å². The van der Waals surface area contributed by atoms with Crippen LogP contribution in [0.5, 0.6) is 0 Å². The van der Waals surface area contributed by atoms with E-state index in [1.54, 1.807) is 32.3 Å². The zero-order valence-corrected chi connectivity index (χ0v) is 10.3. The van der Waals surface area contributed by atoms with Crippen molar-refractivity contribution in [3.05, 3.63) is 23.9 Å². The zero-order valence-electron chi connectivity index (χ0n) is 10.3. The van der Waals surface area contributed by atoms with Crippen LogP contribution in [0.25, 0.3) is 0 Å². The van der Waals surface area contributed by atoms with Crippen LogP contribution in [0.3, 0.4) is 0 Å². The van der Waals surface area contributed by atoms with E-state index in [0.29, 0.717) is 18.1 Å². The Morgan fingerprint density at radius 1 is 1.47 bits per heavy atom. The molecule has 0 spiro atoms. The second-order valence-electron chi connectivity index (χ2n) is 3.80. The zero-order chi connectivity index (χ0) is 12.8. The lowest BCUT2D eigenvalue weighted by molar-refractivity contribution is -0.127. The standard InChI is InChI=1S/C12H16N4O/c1-4-16(9-12(17)15(2)3)11-7-5-6-10(8-13)14-11/h5-7H,4,9H2,1-3H3. The van der Waals surface area contributed by atoms with Gasteiger partial charge in [-0.15, -0.1) is 0 Å². The van der Waals surface area contributed by atoms with Gasteiger partial charge >= 0.3 is 0 Å². The normalized spacial score (nSPS) is 9.53. The predicted octanol–water partition coefficient (Wildman–Crippen LogP) is 0.868. The van der Waals surface area contributed by atoms with E-state index in [4.69, 9.17) is 5.26 Å². The SMILES string of the molecule is CCN(CC(=O)N(C)C)c1cccc(C#N)n1. The van der Waals surface area contributed by atoms with Crippen LogP contribution in [0.1, 0.15) is 12.6 Å². The predicted molar refractivity (Wildman–Crippen MR) is 65.5 cm³/mol. The first-order valence-electron chi connectivity index (χ1n) is 5.40. The van der Waals surface area contributed by atoms with Crippen molar-refractivity contribution in [1.29, 1.82) is 5.26 Å². The highest BCUT2D eigenvalue weighted by Crippen LogP contribution is 2.10. The number of hydrogen-bond acceptors (Lipinski definition) is 4. The molecule has 1 rings (SSSR count). The summed E-state index contributed by atoms with van der Waals surface area (Å²) in [5.41, 5.74) is 0.359. The van der Waals surface area contributed by atoms with Crippen LogP contribution >= 0.6 is 0 Å². The van der Waals surface area contributed by atoms with Crippen LogP contribution in [0.2, 0.25) is 0 Å². The number of carbonyl (C=O) groups excluding carboxylic acids is 1. The molecule has 0 bridgehead atoms. The Labute approximate surface area is 101 Å². The molecular formula is C12H16N4O. The number of anilines is 1. The molecule has 5 nitrogen and oxygen atoms in total. The molecule has 90 valence electrons. The molecule has 0 aromatic carbocycles. The lowest BCUT2D eigenvalue weighted by Gasteiger charge is -2.23. The molecule has 17 heavy (non-hydrogen) atoms. The van der Waals surface area contributed by atoms with E-state index in [2.05, 4.69) is 4.98 Å². The van der Waals surface area contributed by atoms with Crippen molar-refractivity contribution in [3.63, 3.8) is 0 Å². The quantitative estimate of drug-likeness (QED) is 0.772. The summed E-state index contributed by atoms with van der Waals surface area (Å²) in [5, 5.41) is 8.78. The van der Waals surface area contributed by atoms with Gasteiger partial charge in [0.05, 0.1) is 6.54 Å². The first-order chi connectivity index (χ1) is 8.08. The first-order valence-corrected chi connectivity index (χ1v) is 5.40. The van der Waals surface area contributed by atoms with Crippen molar-refractivity contribution in [1.82, 2.24) is 9.88 Å². The molecular weight excluding hydrogens is 216 g/mol. The van der Waals surface area contributed by atoms with Crippen LogP contribution in [0, 0.1) is 11.3 Å². The van der Waals surface area contributed by atoms with Crippen molar-refractivity contribution in [2.45, 2.75) is 6.92 Å². The van der Waals surface area contributed by atoms with Crippen LogP contribution in [0.4, 0.5) is 5.82 Å². The summed E-state index contributed by atoms with van der Waals surface area (Å²) in [6.45, 7) is 2.89. The van der Waals surface area contributed by atoms with Gasteiger partial charge in [0.2, 0.25) is 5.91 Å². The fourth-order valence-corrected chi connectivity index (χ4v) is 1.32. The van der Waals surface area contributed by atoms with Gasteiger partial charge in [0.1, 0.15) is 17.6 Å². The summed E-state index contributed by atoms with van der Waals surface area (Å²) < 4.78 is 0. The van der Waals surface area contributed by atoms with Crippen molar-refractivity contribution in [2.75, 3.05) is 32.1 Å². The van der Waals surface area contributed by atoms with Gasteiger partial charge in [0, 0.05) is 20.6 Å². The largest absolute Gasteiger partial charge is 0.348 e. The second kappa shape index (κ2) is 5.85. The van der Waals surface area contributed by atoms with E-state index in [1.807, 2.05) is 17.9 Å². The van der Waals surface area contributed by atoms with Crippen molar-refractivity contribution >= 4 is 11.7 Å². The highest BCUT2D eigenvalue weighted by Gasteiger charge is 2.12. The van der Waals surface area contributed by atoms with Gasteiger partial charge in [-0.3, -0.25) is 4.79 Å². The van der Waals surface area contributed by atoms with Crippen molar-refractivity contribution < 1.29 is 4.79 Å². The number of aromatic nitrogens is 1. The fraction of sp³-hybridized carbons (Fsp3) is 0.417. The number of rotatable bonds is 4. The third kappa shape index (κ3) is 3.45. The van der Waals surface area contributed by atoms with E-state index in [0.717, 1.165) is 0 Å². The molecule has 1 aromatic heterocycles. The minimum absolute atomic E-state index is 0.0102. The average molecular weight is 232 g/mol. The van der Waals surface area contributed by atoms with E-state index in [9.17, 15) is 4.79 Å². The van der Waals surface area contributed by atoms with Crippen molar-refractivity contribution in [3.8, 4) is 6.07 Å². The van der Waals surface area contributed by atoms with Gasteiger partial charge in [0.25, 0.3) is 0 Å². The third-order valence-electron chi connectivity index (χ3n) is 2.38. The lowest BCUT2D eigenvalue weighted by Crippen LogP contribution is -2.37. The Hall–Kier alpha value is -2.09. The van der Waals surface area contributed by atoms with E-state index >= 15 is 0 Å². The monoisotopic (exact) mass is 232 g/mol. The lowest BCUT2D eigenvalue weighted by atomic mass is 10.3. The maximum atomic E-state index is 11.6. The molecule has 5 heteroatoms. The molecule has 0 N–H and O–H groups in total. The van der Waals surface area contributed by atoms with Crippen LogP contribution in [0.15, 0.2) is 18.2 Å². The molecule has 0 saturated heterocycles. The summed E-state index contributed by atoms with van der Waals surface area (Å²) in [5.74, 6) is 0.665. The summed E-state index contributed by atoms with van der Waals surface area (Å²) in [7, 11) is 3.44. The van der Waals surface area contributed by atoms with E-state index < -0.39 is 0 Å². The molecule has 0 aliphatic carbocycles. The van der Waals surface area contributed by atoms with Crippen LogP contribution in [-0.4, -0.2) is 43.0 Å². The Morgan fingerprint density at radius 3 is 2.71 bits per heavy atom. The number of hydrogen-bond donors (Lipinski definition) is 0. The van der Waals surface area contributed by atoms with Gasteiger partial charge in [-0.1, -0.05) is 6.07 Å². The third-order valence-corrected chi connectivity index (χ3v) is 2.38. The number of pyridine rings is 1. The molecule has 0 fully saturated rings. The van der Waals surface area contributed by atoms with Crippen molar-refractivity contribution in [2.24, 2.45) is 0 Å². The Bertz CT molecular complexity index is 436. The molecule has 0 saturated carbocycles. The van der Waals surface area contributed by atoms with E-state index in [-0.39, 0.29) is 12.5 Å². The van der Waals surface area contributed by atoms with Gasteiger partial charge in [-0.2, -0.15) is 5.26 Å². The number of amides is 1. The molecule has 0 radical (unpaired) electrons. The number of nitriles is 1. The molecule has 0 aliphatic rings. The van der Waals surface area contributed by atoms with Crippen LogP contribution in [-0.2, 0) is 4.79 Å². The van der Waals surface area contributed by atoms with E-state index in [1.165, 1.54) is 4.90 Å². The minimum atomic E-state index is 0.0102. The Balaban J connectivity index is 2.87. The van der Waals surface area contributed by atoms with Gasteiger partial charge < -0.3 is 9.80 Å². The molecule has 0 aliphatic heterocycles. The first kappa shape index (κ1) is 13.0. The summed E-state index contributed by atoms with van der Waals surface area (Å²) in [4.78, 5) is 19.2. The average Bonchev–Trinajstić information content (AvgIpc) is 2.35. The second-order valence-corrected chi connectivity index (χ2v) is 3.80. The Morgan fingerprint density at radius 2 is 2.18 bits per heavy atom. The molecule has 0 unspecified atom stereocenters. The minimum Gasteiger partial charge on any atom is -0.348 e. The van der Waals surface area contributed by atoms with Gasteiger partial charge in [-0.05, 0) is 19.1 Å². The van der Waals surface area contributed by atoms with Gasteiger partial charge in [-0.25, -0.2) is 4.98 Å². The maximum absolute atomic E-state index is 11.6. The maximum Gasteiger partial charge on any atom is 0.241 e. The highest BCUT2D eigenvalue weighted by molar-refractivity contribution is 5.80. The fourth-order valence-electron chi connectivity index (χ4n) is 1.32. The molecule has 1 aromatic rings. The van der Waals surface area contributed by atoms with Crippen LogP contribution < -0.4 is 4.90 Å². The summed E-state index contributed by atoms with van der Waals surface area (Å²) in [6.07, 6.45) is 0. The number of nitrogens with zero attached hydrogens (tertiary/aromatic N) is 4. The molecule has 1 amide bonds.